The molecule has 0 saturated heterocycles. The first kappa shape index (κ1) is 17.3. The molecule has 1 unspecified atom stereocenters. The van der Waals surface area contributed by atoms with Crippen LogP contribution in [0.4, 0.5) is 0 Å². The van der Waals surface area contributed by atoms with Crippen molar-refractivity contribution in [3.63, 3.8) is 0 Å². The average molecular weight is 341 g/mol. The molecule has 5 heteroatoms. The van der Waals surface area contributed by atoms with E-state index in [2.05, 4.69) is 0 Å². The molecule has 3 rings (SSSR count). The second-order valence-corrected chi connectivity index (χ2v) is 6.40. The molecule has 0 aromatic heterocycles. The minimum absolute atomic E-state index is 0.166. The van der Waals surface area contributed by atoms with Crippen molar-refractivity contribution in [2.75, 3.05) is 14.2 Å². The number of hydrogen-bond acceptors (Lipinski definition) is 4. The van der Waals surface area contributed by atoms with E-state index in [0.717, 1.165) is 35.5 Å². The summed E-state index contributed by atoms with van der Waals surface area (Å²) in [6.07, 6.45) is 2.05. The van der Waals surface area contributed by atoms with E-state index < -0.39 is 0 Å². The summed E-state index contributed by atoms with van der Waals surface area (Å²) in [5, 5.41) is 0. The molecule has 1 atom stereocenters. The van der Waals surface area contributed by atoms with Crippen molar-refractivity contribution in [2.45, 2.75) is 39.2 Å². The maximum atomic E-state index is 12.7. The van der Waals surface area contributed by atoms with Crippen LogP contribution in [0.25, 0.3) is 0 Å². The Labute approximate surface area is 147 Å². The number of fused-ring (bicyclic) bond motifs is 1. The van der Waals surface area contributed by atoms with Gasteiger partial charge in [-0.05, 0) is 56.4 Å². The summed E-state index contributed by atoms with van der Waals surface area (Å²) in [4.78, 5) is 26.9. The first-order chi connectivity index (χ1) is 12.0. The van der Waals surface area contributed by atoms with Crippen LogP contribution in [0.1, 0.15) is 53.8 Å². The number of allylic oxidation sites excluding steroid dienone is 3. The second-order valence-electron chi connectivity index (χ2n) is 6.40. The summed E-state index contributed by atoms with van der Waals surface area (Å²) < 4.78 is 10.9. The molecular formula is C20H23NO4. The monoisotopic (exact) mass is 341 g/mol. The van der Waals surface area contributed by atoms with E-state index in [1.165, 1.54) is 4.90 Å². The number of carbonyl (C=O) groups excluding carboxylic acids is 2. The molecule has 1 aromatic carbocycles. The Morgan fingerprint density at radius 3 is 2.00 bits per heavy atom. The van der Waals surface area contributed by atoms with Crippen LogP contribution in [0.3, 0.4) is 0 Å². The van der Waals surface area contributed by atoms with E-state index >= 15 is 0 Å². The van der Waals surface area contributed by atoms with Crippen molar-refractivity contribution in [1.82, 2.24) is 4.90 Å². The molecule has 1 fully saturated rings. The van der Waals surface area contributed by atoms with Crippen LogP contribution in [-0.4, -0.2) is 37.0 Å². The predicted molar refractivity (Wildman–Crippen MR) is 94.0 cm³/mol. The third-order valence-corrected chi connectivity index (χ3v) is 5.18. The molecule has 0 spiro atoms. The Morgan fingerprint density at radius 2 is 1.48 bits per heavy atom. The quantitative estimate of drug-likeness (QED) is 0.622. The van der Waals surface area contributed by atoms with Gasteiger partial charge in [0.05, 0.1) is 36.9 Å². The predicted octanol–water partition coefficient (Wildman–Crippen LogP) is 3.68. The number of nitrogens with zero attached hydrogens (tertiary/aromatic N) is 1. The van der Waals surface area contributed by atoms with E-state index in [4.69, 9.17) is 9.47 Å². The van der Waals surface area contributed by atoms with Crippen molar-refractivity contribution in [3.8, 4) is 0 Å². The van der Waals surface area contributed by atoms with Gasteiger partial charge in [0.15, 0.2) is 0 Å². The van der Waals surface area contributed by atoms with Gasteiger partial charge in [0.2, 0.25) is 0 Å². The largest absolute Gasteiger partial charge is 0.501 e. The number of carbonyl (C=O) groups is 2. The third-order valence-electron chi connectivity index (χ3n) is 5.18. The van der Waals surface area contributed by atoms with Gasteiger partial charge in [0, 0.05) is 6.04 Å². The first-order valence-corrected chi connectivity index (χ1v) is 8.44. The Bertz CT molecular complexity index is 756. The van der Waals surface area contributed by atoms with E-state index in [1.807, 2.05) is 13.8 Å². The van der Waals surface area contributed by atoms with Crippen LogP contribution in [0.2, 0.25) is 0 Å². The van der Waals surface area contributed by atoms with Gasteiger partial charge in [0.25, 0.3) is 11.8 Å². The zero-order chi connectivity index (χ0) is 18.1. The Balaban J connectivity index is 1.94. The molecule has 1 heterocycles. The fourth-order valence-electron chi connectivity index (χ4n) is 3.67. The normalized spacial score (nSPS) is 24.2. The molecule has 0 bridgehead atoms. The maximum Gasteiger partial charge on any atom is 0.261 e. The molecule has 1 aliphatic carbocycles. The maximum absolute atomic E-state index is 12.7. The summed E-state index contributed by atoms with van der Waals surface area (Å²) in [7, 11) is 3.28. The van der Waals surface area contributed by atoms with Gasteiger partial charge in [-0.2, -0.15) is 0 Å². The van der Waals surface area contributed by atoms with Gasteiger partial charge in [-0.3, -0.25) is 14.5 Å². The molecule has 1 saturated carbocycles. The fourth-order valence-corrected chi connectivity index (χ4v) is 3.67. The minimum Gasteiger partial charge on any atom is -0.501 e. The lowest BCUT2D eigenvalue weighted by Gasteiger charge is -2.33. The van der Waals surface area contributed by atoms with Crippen molar-refractivity contribution in [1.29, 1.82) is 0 Å². The SMILES string of the molecule is CO/C(C)=C1\CCC(N2C(=O)c3ccccc3C2=O)C\C1=C(\C)OC. The topological polar surface area (TPSA) is 55.8 Å². The molecule has 1 aliphatic heterocycles. The van der Waals surface area contributed by atoms with Crippen LogP contribution in [-0.2, 0) is 9.47 Å². The van der Waals surface area contributed by atoms with Crippen LogP contribution in [0.15, 0.2) is 46.9 Å². The minimum atomic E-state index is -0.198. The van der Waals surface area contributed by atoms with Crippen LogP contribution in [0.5, 0.6) is 0 Å². The molecular weight excluding hydrogens is 318 g/mol. The molecule has 0 N–H and O–H groups in total. The van der Waals surface area contributed by atoms with Gasteiger partial charge in [0.1, 0.15) is 0 Å². The highest BCUT2D eigenvalue weighted by atomic mass is 16.5. The van der Waals surface area contributed by atoms with Gasteiger partial charge in [-0.25, -0.2) is 0 Å². The van der Waals surface area contributed by atoms with Crippen LogP contribution < -0.4 is 0 Å². The number of hydrogen-bond donors (Lipinski definition) is 0. The van der Waals surface area contributed by atoms with Crippen molar-refractivity contribution >= 4 is 11.8 Å². The Hall–Kier alpha value is -2.56. The third kappa shape index (κ3) is 2.84. The average Bonchev–Trinajstić information content (AvgIpc) is 2.91. The zero-order valence-corrected chi connectivity index (χ0v) is 15.1. The summed E-state index contributed by atoms with van der Waals surface area (Å²) in [5.41, 5.74) is 3.12. The van der Waals surface area contributed by atoms with Crippen LogP contribution in [0, 0.1) is 0 Å². The lowest BCUT2D eigenvalue weighted by molar-refractivity contribution is 0.0568. The zero-order valence-electron chi connectivity index (χ0n) is 15.1. The van der Waals surface area contributed by atoms with Gasteiger partial charge in [-0.1, -0.05) is 12.1 Å². The Morgan fingerprint density at radius 1 is 0.960 bits per heavy atom. The number of amides is 2. The standard InChI is InChI=1S/C20H23NO4/c1-12(24-3)15-10-9-14(11-18(15)13(2)25-4)21-19(22)16-7-5-6-8-17(16)20(21)23/h5-8,14H,9-11H2,1-4H3/b15-12+,18-13+. The van der Waals surface area contributed by atoms with E-state index in [1.54, 1.807) is 38.5 Å². The molecule has 1 aromatic rings. The molecule has 25 heavy (non-hydrogen) atoms. The number of imide groups is 1. The highest BCUT2D eigenvalue weighted by Crippen LogP contribution is 2.38. The van der Waals surface area contributed by atoms with E-state index in [-0.39, 0.29) is 17.9 Å². The number of methoxy groups -OCH3 is 2. The molecule has 5 nitrogen and oxygen atoms in total. The van der Waals surface area contributed by atoms with Crippen molar-refractivity contribution in [3.05, 3.63) is 58.1 Å². The molecule has 0 radical (unpaired) electrons. The summed E-state index contributed by atoms with van der Waals surface area (Å²) in [5.74, 6) is 1.26. The van der Waals surface area contributed by atoms with Gasteiger partial charge >= 0.3 is 0 Å². The molecule has 132 valence electrons. The number of rotatable bonds is 3. The van der Waals surface area contributed by atoms with Gasteiger partial charge in [-0.15, -0.1) is 0 Å². The van der Waals surface area contributed by atoms with E-state index in [9.17, 15) is 9.59 Å². The van der Waals surface area contributed by atoms with Gasteiger partial charge < -0.3 is 9.47 Å². The lowest BCUT2D eigenvalue weighted by atomic mass is 9.84. The highest BCUT2D eigenvalue weighted by Gasteiger charge is 2.41. The smallest absolute Gasteiger partial charge is 0.261 e. The van der Waals surface area contributed by atoms with Crippen molar-refractivity contribution < 1.29 is 19.1 Å². The summed E-state index contributed by atoms with van der Waals surface area (Å²) >= 11 is 0. The Kier molecular flexibility index (Phi) is 4.66. The molecule has 2 amide bonds. The number of benzene rings is 1. The highest BCUT2D eigenvalue weighted by molar-refractivity contribution is 6.21. The number of ether oxygens (including phenoxy) is 2. The second kappa shape index (κ2) is 6.75. The lowest BCUT2D eigenvalue weighted by Crippen LogP contribution is -2.42. The van der Waals surface area contributed by atoms with Crippen molar-refractivity contribution in [2.24, 2.45) is 0 Å². The fraction of sp³-hybridized carbons (Fsp3) is 0.400. The van der Waals surface area contributed by atoms with Crippen LogP contribution >= 0.6 is 0 Å². The first-order valence-electron chi connectivity index (χ1n) is 8.44. The molecule has 2 aliphatic rings. The summed E-state index contributed by atoms with van der Waals surface area (Å²) in [6.45, 7) is 3.84. The van der Waals surface area contributed by atoms with E-state index in [0.29, 0.717) is 17.5 Å². The summed E-state index contributed by atoms with van der Waals surface area (Å²) in [6, 6.07) is 6.85.